The molecule has 23 heavy (non-hydrogen) atoms. The molecule has 2 heterocycles. The summed E-state index contributed by atoms with van der Waals surface area (Å²) >= 11 is 0. The van der Waals surface area contributed by atoms with Crippen LogP contribution in [0.15, 0.2) is 48.7 Å². The van der Waals surface area contributed by atoms with E-state index in [9.17, 15) is 4.79 Å². The SMILES string of the molecule is N#Cc1ccc(C(=O)NC[C@H]2CCO[C@@H]2c2ccccc2)nc1. The van der Waals surface area contributed by atoms with Gasteiger partial charge in [-0.3, -0.25) is 4.79 Å². The Balaban J connectivity index is 1.60. The maximum Gasteiger partial charge on any atom is 0.269 e. The summed E-state index contributed by atoms with van der Waals surface area (Å²) in [5.74, 6) is 0.0212. The van der Waals surface area contributed by atoms with Gasteiger partial charge in [0.1, 0.15) is 11.8 Å². The number of carbonyl (C=O) groups is 1. The van der Waals surface area contributed by atoms with E-state index in [1.165, 1.54) is 6.20 Å². The van der Waals surface area contributed by atoms with Crippen molar-refractivity contribution < 1.29 is 9.53 Å². The molecule has 1 aliphatic rings. The van der Waals surface area contributed by atoms with Crippen LogP contribution in [0, 0.1) is 17.2 Å². The first-order valence-corrected chi connectivity index (χ1v) is 7.59. The van der Waals surface area contributed by atoms with Gasteiger partial charge in [-0.2, -0.15) is 5.26 Å². The highest BCUT2D eigenvalue weighted by molar-refractivity contribution is 5.92. The van der Waals surface area contributed by atoms with Gasteiger partial charge in [0, 0.05) is 25.3 Å². The van der Waals surface area contributed by atoms with E-state index in [2.05, 4.69) is 10.3 Å². The van der Waals surface area contributed by atoms with Crippen molar-refractivity contribution in [3.05, 3.63) is 65.5 Å². The molecule has 0 radical (unpaired) electrons. The summed E-state index contributed by atoms with van der Waals surface area (Å²) in [6.07, 6.45) is 2.34. The normalized spacial score (nSPS) is 20.0. The zero-order chi connectivity index (χ0) is 16.1. The van der Waals surface area contributed by atoms with Crippen LogP contribution in [0.1, 0.15) is 34.1 Å². The number of ether oxygens (including phenoxy) is 1. The molecule has 2 atom stereocenters. The van der Waals surface area contributed by atoms with Crippen molar-refractivity contribution >= 4 is 5.91 Å². The first kappa shape index (κ1) is 15.2. The van der Waals surface area contributed by atoms with Crippen LogP contribution < -0.4 is 5.32 Å². The molecule has 1 N–H and O–H groups in total. The number of hydrogen-bond acceptors (Lipinski definition) is 4. The maximum absolute atomic E-state index is 12.1. The number of aromatic nitrogens is 1. The Hall–Kier alpha value is -2.71. The molecule has 0 bridgehead atoms. The quantitative estimate of drug-likeness (QED) is 0.941. The van der Waals surface area contributed by atoms with E-state index in [0.29, 0.717) is 24.4 Å². The molecule has 0 unspecified atom stereocenters. The molecule has 0 aliphatic carbocycles. The van der Waals surface area contributed by atoms with Gasteiger partial charge in [0.05, 0.1) is 11.7 Å². The molecule has 2 aromatic rings. The van der Waals surface area contributed by atoms with Crippen LogP contribution in [0.2, 0.25) is 0 Å². The predicted octanol–water partition coefficient (Wildman–Crippen LogP) is 2.46. The summed E-state index contributed by atoms with van der Waals surface area (Å²) in [4.78, 5) is 16.2. The predicted molar refractivity (Wildman–Crippen MR) is 84.5 cm³/mol. The van der Waals surface area contributed by atoms with Gasteiger partial charge in [-0.25, -0.2) is 4.98 Å². The first-order chi connectivity index (χ1) is 11.3. The van der Waals surface area contributed by atoms with Gasteiger partial charge in [-0.15, -0.1) is 0 Å². The minimum atomic E-state index is -0.229. The smallest absolute Gasteiger partial charge is 0.269 e. The number of amides is 1. The van der Waals surface area contributed by atoms with Crippen molar-refractivity contribution in [3.63, 3.8) is 0 Å². The average Bonchev–Trinajstić information content (AvgIpc) is 3.09. The molecule has 1 aliphatic heterocycles. The lowest BCUT2D eigenvalue weighted by Crippen LogP contribution is -2.31. The number of benzene rings is 1. The third-order valence-corrected chi connectivity index (χ3v) is 3.99. The number of carbonyl (C=O) groups excluding carboxylic acids is 1. The molecule has 5 heteroatoms. The Morgan fingerprint density at radius 1 is 1.30 bits per heavy atom. The molecule has 116 valence electrons. The van der Waals surface area contributed by atoms with Crippen molar-refractivity contribution in [1.29, 1.82) is 5.26 Å². The third-order valence-electron chi connectivity index (χ3n) is 3.99. The highest BCUT2D eigenvalue weighted by atomic mass is 16.5. The van der Waals surface area contributed by atoms with E-state index in [1.807, 2.05) is 36.4 Å². The Morgan fingerprint density at radius 2 is 2.13 bits per heavy atom. The Labute approximate surface area is 134 Å². The Morgan fingerprint density at radius 3 is 2.83 bits per heavy atom. The zero-order valence-corrected chi connectivity index (χ0v) is 12.6. The van der Waals surface area contributed by atoms with Crippen LogP contribution in [0.3, 0.4) is 0 Å². The number of nitrogens with one attached hydrogen (secondary N) is 1. The van der Waals surface area contributed by atoms with Crippen molar-refractivity contribution in [2.45, 2.75) is 12.5 Å². The van der Waals surface area contributed by atoms with Gasteiger partial charge in [-0.1, -0.05) is 30.3 Å². The highest BCUT2D eigenvalue weighted by Gasteiger charge is 2.29. The molecular formula is C18H17N3O2. The second-order valence-electron chi connectivity index (χ2n) is 5.50. The summed E-state index contributed by atoms with van der Waals surface area (Å²) < 4.78 is 5.82. The molecule has 1 amide bonds. The number of hydrogen-bond donors (Lipinski definition) is 1. The molecule has 5 nitrogen and oxygen atoms in total. The van der Waals surface area contributed by atoms with E-state index in [4.69, 9.17) is 10.00 Å². The minimum Gasteiger partial charge on any atom is -0.373 e. The van der Waals surface area contributed by atoms with Gasteiger partial charge in [-0.05, 0) is 24.1 Å². The standard InChI is InChI=1S/C18H17N3O2/c19-10-13-6-7-16(20-11-13)18(22)21-12-15-8-9-23-17(15)14-4-2-1-3-5-14/h1-7,11,15,17H,8-9,12H2,(H,21,22)/t15-,17-/m1/s1. The van der Waals surface area contributed by atoms with Crippen molar-refractivity contribution in [2.24, 2.45) is 5.92 Å². The lowest BCUT2D eigenvalue weighted by atomic mass is 9.95. The second-order valence-corrected chi connectivity index (χ2v) is 5.50. The van der Waals surface area contributed by atoms with Crippen LogP contribution in [0.5, 0.6) is 0 Å². The van der Waals surface area contributed by atoms with Crippen LogP contribution in [0.4, 0.5) is 0 Å². The Bertz CT molecular complexity index is 707. The summed E-state index contributed by atoms with van der Waals surface area (Å²) in [6, 6.07) is 15.2. The molecule has 0 spiro atoms. The van der Waals surface area contributed by atoms with Crippen molar-refractivity contribution in [3.8, 4) is 6.07 Å². The maximum atomic E-state index is 12.1. The first-order valence-electron chi connectivity index (χ1n) is 7.59. The zero-order valence-electron chi connectivity index (χ0n) is 12.6. The fourth-order valence-electron chi connectivity index (χ4n) is 2.76. The lowest BCUT2D eigenvalue weighted by Gasteiger charge is -2.19. The van der Waals surface area contributed by atoms with E-state index in [1.54, 1.807) is 12.1 Å². The molecule has 1 fully saturated rings. The van der Waals surface area contributed by atoms with Gasteiger partial charge in [0.2, 0.25) is 0 Å². The largest absolute Gasteiger partial charge is 0.373 e. The summed E-state index contributed by atoms with van der Waals surface area (Å²) in [7, 11) is 0. The molecule has 1 aromatic carbocycles. The van der Waals surface area contributed by atoms with Crippen LogP contribution in [0.25, 0.3) is 0 Å². The molecule has 1 saturated heterocycles. The van der Waals surface area contributed by atoms with E-state index >= 15 is 0 Å². The average molecular weight is 307 g/mol. The molecule has 3 rings (SSSR count). The highest BCUT2D eigenvalue weighted by Crippen LogP contribution is 2.33. The van der Waals surface area contributed by atoms with E-state index in [0.717, 1.165) is 12.0 Å². The van der Waals surface area contributed by atoms with Gasteiger partial charge in [0.15, 0.2) is 0 Å². The topological polar surface area (TPSA) is 75.0 Å². The van der Waals surface area contributed by atoms with Gasteiger partial charge < -0.3 is 10.1 Å². The minimum absolute atomic E-state index is 0.0189. The second kappa shape index (κ2) is 7.03. The van der Waals surface area contributed by atoms with Crippen LogP contribution >= 0.6 is 0 Å². The van der Waals surface area contributed by atoms with Crippen molar-refractivity contribution in [1.82, 2.24) is 10.3 Å². The lowest BCUT2D eigenvalue weighted by molar-refractivity contribution is 0.0844. The summed E-state index contributed by atoms with van der Waals surface area (Å²) in [5, 5.41) is 11.7. The molecular weight excluding hydrogens is 290 g/mol. The number of nitrogens with zero attached hydrogens (tertiary/aromatic N) is 2. The van der Waals surface area contributed by atoms with Gasteiger partial charge in [0.25, 0.3) is 5.91 Å². The molecule has 0 saturated carbocycles. The van der Waals surface area contributed by atoms with Crippen LogP contribution in [-0.4, -0.2) is 24.0 Å². The summed E-state index contributed by atoms with van der Waals surface area (Å²) in [6.45, 7) is 1.25. The number of rotatable bonds is 4. The monoisotopic (exact) mass is 307 g/mol. The fourth-order valence-corrected chi connectivity index (χ4v) is 2.76. The summed E-state index contributed by atoms with van der Waals surface area (Å²) in [5.41, 5.74) is 1.90. The number of nitriles is 1. The van der Waals surface area contributed by atoms with Crippen molar-refractivity contribution in [2.75, 3.05) is 13.2 Å². The van der Waals surface area contributed by atoms with Crippen LogP contribution in [-0.2, 0) is 4.74 Å². The van der Waals surface area contributed by atoms with E-state index < -0.39 is 0 Å². The Kier molecular flexibility index (Phi) is 4.65. The number of pyridine rings is 1. The van der Waals surface area contributed by atoms with E-state index in [-0.39, 0.29) is 17.9 Å². The fraction of sp³-hybridized carbons (Fsp3) is 0.278. The van der Waals surface area contributed by atoms with Gasteiger partial charge >= 0.3 is 0 Å². The third kappa shape index (κ3) is 3.55. The molecule has 1 aromatic heterocycles.